The first-order valence-corrected chi connectivity index (χ1v) is 8.23. The Morgan fingerprint density at radius 3 is 2.28 bits per heavy atom. The fourth-order valence-electron chi connectivity index (χ4n) is 2.59. The highest BCUT2D eigenvalue weighted by Crippen LogP contribution is 2.21. The third-order valence-corrected chi connectivity index (χ3v) is 3.86. The first-order chi connectivity index (χ1) is 12.3. The van der Waals surface area contributed by atoms with E-state index in [0.29, 0.717) is 12.3 Å². The van der Waals surface area contributed by atoms with Gasteiger partial charge in [0.2, 0.25) is 0 Å². The SMILES string of the molecule is O=C(COc1ccccc1)NCC(c1ccccc1)c1ccccn1. The van der Waals surface area contributed by atoms with E-state index in [2.05, 4.69) is 10.3 Å². The number of rotatable bonds is 7. The van der Waals surface area contributed by atoms with Crippen LogP contribution in [-0.4, -0.2) is 24.0 Å². The van der Waals surface area contributed by atoms with Gasteiger partial charge in [-0.2, -0.15) is 0 Å². The molecule has 0 aliphatic rings. The molecular formula is C21H20N2O2. The molecule has 4 heteroatoms. The lowest BCUT2D eigenvalue weighted by molar-refractivity contribution is -0.123. The minimum Gasteiger partial charge on any atom is -0.484 e. The van der Waals surface area contributed by atoms with Crippen molar-refractivity contribution in [2.24, 2.45) is 0 Å². The second-order valence-corrected chi connectivity index (χ2v) is 5.62. The van der Waals surface area contributed by atoms with E-state index < -0.39 is 0 Å². The number of carbonyl (C=O) groups is 1. The summed E-state index contributed by atoms with van der Waals surface area (Å²) in [4.78, 5) is 16.6. The van der Waals surface area contributed by atoms with Gasteiger partial charge in [-0.25, -0.2) is 0 Å². The predicted molar refractivity (Wildman–Crippen MR) is 97.5 cm³/mol. The fourth-order valence-corrected chi connectivity index (χ4v) is 2.59. The molecule has 126 valence electrons. The van der Waals surface area contributed by atoms with E-state index in [1.54, 1.807) is 6.20 Å². The minimum atomic E-state index is -0.152. The number of nitrogens with one attached hydrogen (secondary N) is 1. The number of carbonyl (C=O) groups excluding carboxylic acids is 1. The molecular weight excluding hydrogens is 312 g/mol. The van der Waals surface area contributed by atoms with E-state index in [4.69, 9.17) is 4.74 Å². The van der Waals surface area contributed by atoms with Crippen molar-refractivity contribution in [3.63, 3.8) is 0 Å². The molecule has 2 aromatic carbocycles. The average Bonchev–Trinajstić information content (AvgIpc) is 2.69. The van der Waals surface area contributed by atoms with Crippen LogP contribution in [0.2, 0.25) is 0 Å². The molecule has 1 heterocycles. The lowest BCUT2D eigenvalue weighted by Crippen LogP contribution is -2.33. The summed E-state index contributed by atoms with van der Waals surface area (Å²) < 4.78 is 5.48. The van der Waals surface area contributed by atoms with Crippen LogP contribution in [0.5, 0.6) is 5.75 Å². The number of ether oxygens (including phenoxy) is 1. The topological polar surface area (TPSA) is 51.2 Å². The van der Waals surface area contributed by atoms with Crippen molar-refractivity contribution in [3.05, 3.63) is 96.3 Å². The van der Waals surface area contributed by atoms with E-state index in [0.717, 1.165) is 11.3 Å². The summed E-state index contributed by atoms with van der Waals surface area (Å²) in [6, 6.07) is 25.2. The van der Waals surface area contributed by atoms with Gasteiger partial charge in [-0.3, -0.25) is 9.78 Å². The van der Waals surface area contributed by atoms with Gasteiger partial charge >= 0.3 is 0 Å². The van der Waals surface area contributed by atoms with Crippen molar-refractivity contribution >= 4 is 5.91 Å². The van der Waals surface area contributed by atoms with E-state index in [1.807, 2.05) is 78.9 Å². The molecule has 3 rings (SSSR count). The van der Waals surface area contributed by atoms with Gasteiger partial charge < -0.3 is 10.1 Å². The lowest BCUT2D eigenvalue weighted by atomic mass is 9.95. The van der Waals surface area contributed by atoms with Gasteiger partial charge in [0.05, 0.1) is 0 Å². The average molecular weight is 332 g/mol. The first-order valence-electron chi connectivity index (χ1n) is 8.23. The molecule has 1 N–H and O–H groups in total. The van der Waals surface area contributed by atoms with E-state index in [1.165, 1.54) is 0 Å². The quantitative estimate of drug-likeness (QED) is 0.721. The number of amides is 1. The smallest absolute Gasteiger partial charge is 0.257 e. The van der Waals surface area contributed by atoms with Gasteiger partial charge in [0, 0.05) is 24.4 Å². The Labute approximate surface area is 147 Å². The van der Waals surface area contributed by atoms with Gasteiger partial charge in [0.1, 0.15) is 5.75 Å². The van der Waals surface area contributed by atoms with Gasteiger partial charge in [-0.1, -0.05) is 54.6 Å². The molecule has 1 atom stereocenters. The van der Waals surface area contributed by atoms with Crippen LogP contribution in [0.1, 0.15) is 17.2 Å². The summed E-state index contributed by atoms with van der Waals surface area (Å²) in [5, 5.41) is 2.95. The van der Waals surface area contributed by atoms with E-state index >= 15 is 0 Å². The predicted octanol–water partition coefficient (Wildman–Crippen LogP) is 3.41. The molecule has 0 spiro atoms. The molecule has 0 aliphatic carbocycles. The Balaban J connectivity index is 1.62. The fraction of sp³-hybridized carbons (Fsp3) is 0.143. The number of para-hydroxylation sites is 1. The monoisotopic (exact) mass is 332 g/mol. The van der Waals surface area contributed by atoms with Gasteiger partial charge in [0.25, 0.3) is 5.91 Å². The van der Waals surface area contributed by atoms with Crippen LogP contribution < -0.4 is 10.1 Å². The lowest BCUT2D eigenvalue weighted by Gasteiger charge is -2.18. The largest absolute Gasteiger partial charge is 0.484 e. The van der Waals surface area contributed by atoms with E-state index in [-0.39, 0.29) is 18.4 Å². The Morgan fingerprint density at radius 1 is 0.920 bits per heavy atom. The summed E-state index contributed by atoms with van der Waals surface area (Å²) in [6.07, 6.45) is 1.77. The third kappa shape index (κ3) is 4.91. The highest BCUT2D eigenvalue weighted by molar-refractivity contribution is 5.77. The van der Waals surface area contributed by atoms with Crippen molar-refractivity contribution in [3.8, 4) is 5.75 Å². The van der Waals surface area contributed by atoms with E-state index in [9.17, 15) is 4.79 Å². The second-order valence-electron chi connectivity index (χ2n) is 5.62. The van der Waals surface area contributed by atoms with Crippen LogP contribution in [0.25, 0.3) is 0 Å². The van der Waals surface area contributed by atoms with Crippen molar-refractivity contribution in [1.29, 1.82) is 0 Å². The Kier molecular flexibility index (Phi) is 5.77. The molecule has 0 fully saturated rings. The number of aromatic nitrogens is 1. The molecule has 3 aromatic rings. The maximum Gasteiger partial charge on any atom is 0.257 e. The molecule has 1 amide bonds. The number of pyridine rings is 1. The molecule has 4 nitrogen and oxygen atoms in total. The molecule has 0 bridgehead atoms. The number of nitrogens with zero attached hydrogens (tertiary/aromatic N) is 1. The Bertz CT molecular complexity index is 737. The minimum absolute atomic E-state index is 0.00285. The van der Waals surface area contributed by atoms with Gasteiger partial charge in [0.15, 0.2) is 6.61 Å². The summed E-state index contributed by atoms with van der Waals surface area (Å²) in [5.41, 5.74) is 2.04. The normalized spacial score (nSPS) is 11.5. The maximum atomic E-state index is 12.1. The number of benzene rings is 2. The Hall–Kier alpha value is -3.14. The molecule has 1 aromatic heterocycles. The molecule has 0 radical (unpaired) electrons. The maximum absolute atomic E-state index is 12.1. The van der Waals surface area contributed by atoms with Gasteiger partial charge in [-0.05, 0) is 29.8 Å². The molecule has 1 unspecified atom stereocenters. The summed E-state index contributed by atoms with van der Waals surface area (Å²) in [6.45, 7) is 0.464. The zero-order valence-electron chi connectivity index (χ0n) is 13.8. The van der Waals surface area contributed by atoms with Crippen LogP contribution in [0.15, 0.2) is 85.1 Å². The number of hydrogen-bond acceptors (Lipinski definition) is 3. The number of hydrogen-bond donors (Lipinski definition) is 1. The standard InChI is InChI=1S/C21H20N2O2/c24-21(16-25-18-11-5-2-6-12-18)23-15-19(17-9-3-1-4-10-17)20-13-7-8-14-22-20/h1-14,19H,15-16H2,(H,23,24). The molecule has 25 heavy (non-hydrogen) atoms. The van der Waals surface area contributed by atoms with Crippen LogP contribution in [0, 0.1) is 0 Å². The van der Waals surface area contributed by atoms with Crippen molar-refractivity contribution in [1.82, 2.24) is 10.3 Å². The summed E-state index contributed by atoms with van der Waals surface area (Å²) >= 11 is 0. The van der Waals surface area contributed by atoms with Crippen molar-refractivity contribution in [2.75, 3.05) is 13.2 Å². The Morgan fingerprint density at radius 2 is 1.60 bits per heavy atom. The highest BCUT2D eigenvalue weighted by atomic mass is 16.5. The van der Waals surface area contributed by atoms with Gasteiger partial charge in [-0.15, -0.1) is 0 Å². The summed E-state index contributed by atoms with van der Waals surface area (Å²) in [7, 11) is 0. The molecule has 0 aliphatic heterocycles. The highest BCUT2D eigenvalue weighted by Gasteiger charge is 2.16. The van der Waals surface area contributed by atoms with Crippen LogP contribution in [-0.2, 0) is 4.79 Å². The zero-order valence-corrected chi connectivity index (χ0v) is 13.8. The molecule has 0 saturated heterocycles. The summed E-state index contributed by atoms with van der Waals surface area (Å²) in [5.74, 6) is 0.533. The second kappa shape index (κ2) is 8.64. The molecule has 0 saturated carbocycles. The third-order valence-electron chi connectivity index (χ3n) is 3.86. The van der Waals surface area contributed by atoms with Crippen LogP contribution in [0.4, 0.5) is 0 Å². The zero-order chi connectivity index (χ0) is 17.3. The first kappa shape index (κ1) is 16.7. The van der Waals surface area contributed by atoms with Crippen LogP contribution >= 0.6 is 0 Å². The van der Waals surface area contributed by atoms with Crippen LogP contribution in [0.3, 0.4) is 0 Å². The van der Waals surface area contributed by atoms with Crippen molar-refractivity contribution in [2.45, 2.75) is 5.92 Å². The van der Waals surface area contributed by atoms with Crippen molar-refractivity contribution < 1.29 is 9.53 Å².